The fourth-order valence-electron chi connectivity index (χ4n) is 1.75. The van der Waals surface area contributed by atoms with Gasteiger partial charge >= 0.3 is 5.97 Å². The Bertz CT molecular complexity index is 491. The molecule has 0 N–H and O–H groups in total. The van der Waals surface area contributed by atoms with E-state index in [2.05, 4.69) is 4.74 Å². The molecular formula is C14H17F2NO3. The first-order valence-corrected chi connectivity index (χ1v) is 6.21. The number of halogens is 2. The van der Waals surface area contributed by atoms with Crippen molar-refractivity contribution in [1.82, 2.24) is 4.90 Å². The summed E-state index contributed by atoms with van der Waals surface area (Å²) in [4.78, 5) is 22.4. The minimum Gasteiger partial charge on any atom is -0.469 e. The van der Waals surface area contributed by atoms with Crippen LogP contribution in [-0.4, -0.2) is 30.4 Å². The first-order valence-electron chi connectivity index (χ1n) is 6.21. The van der Waals surface area contributed by atoms with E-state index in [0.717, 1.165) is 12.5 Å². The van der Waals surface area contributed by atoms with E-state index in [0.29, 0.717) is 13.0 Å². The van der Waals surface area contributed by atoms with Crippen LogP contribution in [-0.2, 0) is 20.9 Å². The minimum atomic E-state index is -0.862. The van der Waals surface area contributed by atoms with E-state index >= 15 is 0 Å². The van der Waals surface area contributed by atoms with E-state index in [1.54, 1.807) is 4.90 Å². The lowest BCUT2D eigenvalue weighted by molar-refractivity contribution is -0.138. The number of carbonyl (C=O) groups is 2. The lowest BCUT2D eigenvalue weighted by Crippen LogP contribution is -2.24. The van der Waals surface area contributed by atoms with Crippen molar-refractivity contribution in [3.05, 3.63) is 35.4 Å². The second-order valence-electron chi connectivity index (χ2n) is 4.33. The highest BCUT2D eigenvalue weighted by molar-refractivity contribution is 5.78. The zero-order valence-electron chi connectivity index (χ0n) is 11.5. The van der Waals surface area contributed by atoms with Crippen molar-refractivity contribution in [2.45, 2.75) is 26.3 Å². The molecule has 1 aromatic carbocycles. The van der Waals surface area contributed by atoms with E-state index < -0.39 is 11.6 Å². The monoisotopic (exact) mass is 285 g/mol. The van der Waals surface area contributed by atoms with Gasteiger partial charge in [0, 0.05) is 32.0 Å². The summed E-state index contributed by atoms with van der Waals surface area (Å²) in [7, 11) is 1.35. The number of rotatable bonds is 2. The largest absolute Gasteiger partial charge is 0.469 e. The second kappa shape index (κ2) is 7.57. The van der Waals surface area contributed by atoms with Crippen molar-refractivity contribution in [2.24, 2.45) is 0 Å². The predicted octanol–water partition coefficient (Wildman–Crippen LogP) is 2.27. The van der Waals surface area contributed by atoms with E-state index in [4.69, 9.17) is 0 Å². The number of esters is 1. The molecule has 110 valence electrons. The molecule has 0 aromatic heterocycles. The van der Waals surface area contributed by atoms with E-state index in [1.165, 1.54) is 26.2 Å². The highest BCUT2D eigenvalue weighted by atomic mass is 19.2. The fraction of sp³-hybridized carbons (Fsp3) is 0.429. The number of hydrogen-bond donors (Lipinski definition) is 0. The molecule has 0 bridgehead atoms. The Balaban J connectivity index is 0.000000347. The minimum absolute atomic E-state index is 0.0126. The average Bonchev–Trinajstić information content (AvgIpc) is 2.81. The van der Waals surface area contributed by atoms with Gasteiger partial charge in [-0.2, -0.15) is 0 Å². The van der Waals surface area contributed by atoms with Crippen molar-refractivity contribution in [1.29, 1.82) is 0 Å². The van der Waals surface area contributed by atoms with Crippen LogP contribution >= 0.6 is 0 Å². The van der Waals surface area contributed by atoms with Gasteiger partial charge in [0.1, 0.15) is 0 Å². The van der Waals surface area contributed by atoms with Gasteiger partial charge < -0.3 is 9.64 Å². The van der Waals surface area contributed by atoms with Crippen LogP contribution in [0.15, 0.2) is 18.2 Å². The van der Waals surface area contributed by atoms with Gasteiger partial charge in [-0.05, 0) is 12.5 Å². The third kappa shape index (κ3) is 4.60. The SMILES string of the molecule is COC(C)=O.O=C1CCCN1Cc1cccc(F)c1F. The topological polar surface area (TPSA) is 46.6 Å². The van der Waals surface area contributed by atoms with Crippen LogP contribution in [0.4, 0.5) is 8.78 Å². The van der Waals surface area contributed by atoms with Crippen LogP contribution in [0, 0.1) is 11.6 Å². The van der Waals surface area contributed by atoms with Crippen molar-refractivity contribution < 1.29 is 23.1 Å². The van der Waals surface area contributed by atoms with Gasteiger partial charge in [0.15, 0.2) is 11.6 Å². The zero-order valence-corrected chi connectivity index (χ0v) is 11.5. The lowest BCUT2D eigenvalue weighted by atomic mass is 10.2. The molecule has 4 nitrogen and oxygen atoms in total. The van der Waals surface area contributed by atoms with E-state index in [1.807, 2.05) is 0 Å². The maximum absolute atomic E-state index is 13.3. The molecule has 0 atom stereocenters. The molecule has 0 spiro atoms. The van der Waals surface area contributed by atoms with Gasteiger partial charge in [-0.15, -0.1) is 0 Å². The molecule has 1 aliphatic rings. The fourth-order valence-corrected chi connectivity index (χ4v) is 1.75. The third-order valence-electron chi connectivity index (χ3n) is 2.85. The first-order chi connectivity index (χ1) is 9.45. The number of hydrogen-bond acceptors (Lipinski definition) is 3. The smallest absolute Gasteiger partial charge is 0.302 e. The molecule has 0 saturated carbocycles. The van der Waals surface area contributed by atoms with E-state index in [9.17, 15) is 18.4 Å². The van der Waals surface area contributed by atoms with Gasteiger partial charge in [0.05, 0.1) is 7.11 Å². The maximum Gasteiger partial charge on any atom is 0.302 e. The average molecular weight is 285 g/mol. The van der Waals surface area contributed by atoms with Crippen molar-refractivity contribution in [2.75, 3.05) is 13.7 Å². The van der Waals surface area contributed by atoms with Gasteiger partial charge in [0.2, 0.25) is 5.91 Å². The highest BCUT2D eigenvalue weighted by Crippen LogP contribution is 2.17. The molecule has 1 aliphatic heterocycles. The number of nitrogens with zero attached hydrogens (tertiary/aromatic N) is 1. The summed E-state index contributed by atoms with van der Waals surface area (Å²) < 4.78 is 30.3. The second-order valence-corrected chi connectivity index (χ2v) is 4.33. The van der Waals surface area contributed by atoms with Gasteiger partial charge in [-0.3, -0.25) is 9.59 Å². The Morgan fingerprint density at radius 1 is 1.40 bits per heavy atom. The van der Waals surface area contributed by atoms with Crippen LogP contribution in [0.1, 0.15) is 25.3 Å². The van der Waals surface area contributed by atoms with Crippen LogP contribution in [0.25, 0.3) is 0 Å². The number of likely N-dealkylation sites (tertiary alicyclic amines) is 1. The summed E-state index contributed by atoms with van der Waals surface area (Å²) in [6, 6.07) is 4.03. The summed E-state index contributed by atoms with van der Waals surface area (Å²) in [6.07, 6.45) is 1.31. The Morgan fingerprint density at radius 3 is 2.55 bits per heavy atom. The quantitative estimate of drug-likeness (QED) is 0.783. The molecular weight excluding hydrogens is 268 g/mol. The number of benzene rings is 1. The number of carbonyl (C=O) groups excluding carboxylic acids is 2. The highest BCUT2D eigenvalue weighted by Gasteiger charge is 2.21. The Hall–Kier alpha value is -1.98. The Kier molecular flexibility index (Phi) is 6.09. The summed E-state index contributed by atoms with van der Waals surface area (Å²) >= 11 is 0. The van der Waals surface area contributed by atoms with E-state index in [-0.39, 0.29) is 24.0 Å². The molecule has 0 aliphatic carbocycles. The first kappa shape index (κ1) is 16.1. The molecule has 1 saturated heterocycles. The molecule has 1 amide bonds. The number of amides is 1. The zero-order chi connectivity index (χ0) is 15.1. The van der Waals surface area contributed by atoms with Crippen LogP contribution in [0.5, 0.6) is 0 Å². The predicted molar refractivity (Wildman–Crippen MR) is 68.7 cm³/mol. The van der Waals surface area contributed by atoms with Gasteiger partial charge in [-0.25, -0.2) is 8.78 Å². The summed E-state index contributed by atoms with van der Waals surface area (Å²) in [5.74, 6) is -1.94. The molecule has 1 aromatic rings. The van der Waals surface area contributed by atoms with Crippen LogP contribution in [0.2, 0.25) is 0 Å². The number of ether oxygens (including phenoxy) is 1. The normalized spacial score (nSPS) is 13.8. The summed E-state index contributed by atoms with van der Waals surface area (Å²) in [5, 5.41) is 0. The molecule has 1 heterocycles. The molecule has 1 fully saturated rings. The standard InChI is InChI=1S/C11H11F2NO.C3H6O2/c12-9-4-1-3-8(11(9)13)7-14-6-2-5-10(14)15;1-3(4)5-2/h1,3-4H,2,5-7H2;1-2H3. The maximum atomic E-state index is 13.3. The summed E-state index contributed by atoms with van der Waals surface area (Å²) in [6.45, 7) is 2.16. The Labute approximate surface area is 116 Å². The van der Waals surface area contributed by atoms with Crippen LogP contribution < -0.4 is 0 Å². The molecule has 0 unspecified atom stereocenters. The van der Waals surface area contributed by atoms with Crippen molar-refractivity contribution >= 4 is 11.9 Å². The molecule has 20 heavy (non-hydrogen) atoms. The van der Waals surface area contributed by atoms with Crippen molar-refractivity contribution in [3.8, 4) is 0 Å². The lowest BCUT2D eigenvalue weighted by Gasteiger charge is -2.15. The Morgan fingerprint density at radius 2 is 2.05 bits per heavy atom. The number of methoxy groups -OCH3 is 1. The molecule has 0 radical (unpaired) electrons. The van der Waals surface area contributed by atoms with Gasteiger partial charge in [0.25, 0.3) is 0 Å². The molecule has 2 rings (SSSR count). The molecule has 6 heteroatoms. The summed E-state index contributed by atoms with van der Waals surface area (Å²) in [5.41, 5.74) is 0.241. The van der Waals surface area contributed by atoms with Gasteiger partial charge in [-0.1, -0.05) is 12.1 Å². The third-order valence-corrected chi connectivity index (χ3v) is 2.85. The van der Waals surface area contributed by atoms with Crippen molar-refractivity contribution in [3.63, 3.8) is 0 Å². The van der Waals surface area contributed by atoms with Crippen LogP contribution in [0.3, 0.4) is 0 Å².